The first-order chi connectivity index (χ1) is 17.1. The Morgan fingerprint density at radius 2 is 1.94 bits per heavy atom. The van der Waals surface area contributed by atoms with E-state index in [4.69, 9.17) is 4.74 Å². The molecule has 36 heavy (non-hydrogen) atoms. The van der Waals surface area contributed by atoms with Crippen molar-refractivity contribution in [2.75, 3.05) is 38.6 Å². The summed E-state index contributed by atoms with van der Waals surface area (Å²) in [6.07, 6.45) is 2.05. The highest BCUT2D eigenvalue weighted by molar-refractivity contribution is 7.23. The number of rotatable bonds is 5. The zero-order valence-corrected chi connectivity index (χ0v) is 22.1. The van der Waals surface area contributed by atoms with Crippen LogP contribution in [0.25, 0.3) is 10.2 Å². The Hall–Kier alpha value is -2.76. The van der Waals surface area contributed by atoms with Gasteiger partial charge >= 0.3 is 6.09 Å². The molecule has 2 aliphatic rings. The number of aryl methyl sites for hydroxylation is 1. The summed E-state index contributed by atoms with van der Waals surface area (Å²) in [4.78, 5) is 47.4. The summed E-state index contributed by atoms with van der Waals surface area (Å²) in [6.45, 7) is 7.87. The van der Waals surface area contributed by atoms with Gasteiger partial charge in [-0.25, -0.2) is 9.78 Å². The van der Waals surface area contributed by atoms with Crippen LogP contribution in [0.1, 0.15) is 55.6 Å². The van der Waals surface area contributed by atoms with E-state index in [0.717, 1.165) is 31.5 Å². The number of carbonyl (C=O) groups is 3. The maximum Gasteiger partial charge on any atom is 0.411 e. The fourth-order valence-corrected chi connectivity index (χ4v) is 6.17. The van der Waals surface area contributed by atoms with Crippen molar-refractivity contribution < 1.29 is 24.2 Å². The topological polar surface area (TPSA) is 124 Å². The first-order valence-corrected chi connectivity index (χ1v) is 13.2. The number of nitrogens with zero attached hydrogens (tertiary/aromatic N) is 3. The Balaban J connectivity index is 1.46. The summed E-state index contributed by atoms with van der Waals surface area (Å²) in [5, 5.41) is 17.7. The molecule has 11 heteroatoms. The monoisotopic (exact) mass is 517 g/mol. The molecule has 3 amide bonds. The van der Waals surface area contributed by atoms with Crippen molar-refractivity contribution in [1.82, 2.24) is 20.1 Å². The minimum atomic E-state index is -1.38. The molecule has 1 atom stereocenters. The van der Waals surface area contributed by atoms with E-state index in [9.17, 15) is 19.5 Å². The van der Waals surface area contributed by atoms with E-state index >= 15 is 0 Å². The summed E-state index contributed by atoms with van der Waals surface area (Å²) in [5.74, 6) is -0.461. The molecule has 196 valence electrons. The van der Waals surface area contributed by atoms with Crippen molar-refractivity contribution in [3.63, 3.8) is 0 Å². The number of pyridine rings is 1. The fourth-order valence-electron chi connectivity index (χ4n) is 5.07. The SMILES string of the molecule is COC(=O)Nc1sc2nc(C)ccc2c1C(=O)N1CCC(N2CCCC(O)(C(=O)NC(C)C)C2)CC1. The maximum atomic E-state index is 13.6. The van der Waals surface area contributed by atoms with Crippen LogP contribution in [0.5, 0.6) is 0 Å². The number of nitrogens with one attached hydrogen (secondary N) is 2. The van der Waals surface area contributed by atoms with Crippen LogP contribution in [0, 0.1) is 6.92 Å². The van der Waals surface area contributed by atoms with Crippen LogP contribution in [-0.2, 0) is 9.53 Å². The zero-order chi connectivity index (χ0) is 26.0. The van der Waals surface area contributed by atoms with Crippen LogP contribution < -0.4 is 10.6 Å². The predicted octanol–water partition coefficient (Wildman–Crippen LogP) is 2.74. The largest absolute Gasteiger partial charge is 0.453 e. The third-order valence-electron chi connectivity index (χ3n) is 6.92. The van der Waals surface area contributed by atoms with Gasteiger partial charge in [-0.05, 0) is 65.1 Å². The normalized spacial score (nSPS) is 21.6. The number of piperidine rings is 2. The maximum absolute atomic E-state index is 13.6. The number of aromatic nitrogens is 1. The lowest BCUT2D eigenvalue weighted by molar-refractivity contribution is -0.147. The standard InChI is InChI=1S/C25H35N5O5S/c1-15(2)26-23(32)25(34)10-5-11-30(14-25)17-8-12-29(13-9-17)22(31)19-18-7-6-16(3)27-20(18)36-21(19)28-24(33)35-4/h6-7,15,17,34H,5,8-14H2,1-4H3,(H,26,32)(H,28,33). The van der Waals surface area contributed by atoms with Gasteiger partial charge in [0.05, 0.1) is 12.7 Å². The van der Waals surface area contributed by atoms with Gasteiger partial charge in [0.1, 0.15) is 9.83 Å². The van der Waals surface area contributed by atoms with Gasteiger partial charge in [0.2, 0.25) is 0 Å². The van der Waals surface area contributed by atoms with Crippen LogP contribution >= 0.6 is 11.3 Å². The average Bonchev–Trinajstić information content (AvgIpc) is 3.19. The van der Waals surface area contributed by atoms with Crippen molar-refractivity contribution >= 4 is 44.5 Å². The Kier molecular flexibility index (Phi) is 7.82. The van der Waals surface area contributed by atoms with Gasteiger partial charge in [-0.1, -0.05) is 11.3 Å². The molecule has 0 aliphatic carbocycles. The third-order valence-corrected chi connectivity index (χ3v) is 7.94. The van der Waals surface area contributed by atoms with Crippen LogP contribution in [0.3, 0.4) is 0 Å². The van der Waals surface area contributed by atoms with E-state index in [-0.39, 0.29) is 23.9 Å². The molecule has 0 radical (unpaired) electrons. The molecule has 1 unspecified atom stereocenters. The molecule has 2 aliphatic heterocycles. The van der Waals surface area contributed by atoms with Gasteiger partial charge in [0, 0.05) is 42.8 Å². The summed E-state index contributed by atoms with van der Waals surface area (Å²) < 4.78 is 4.75. The van der Waals surface area contributed by atoms with Crippen LogP contribution in [0.4, 0.5) is 9.80 Å². The lowest BCUT2D eigenvalue weighted by Crippen LogP contribution is -2.60. The molecule has 2 fully saturated rings. The average molecular weight is 518 g/mol. The van der Waals surface area contributed by atoms with Gasteiger partial charge in [0.25, 0.3) is 11.8 Å². The van der Waals surface area contributed by atoms with Crippen molar-refractivity contribution in [1.29, 1.82) is 0 Å². The van der Waals surface area contributed by atoms with E-state index in [0.29, 0.717) is 46.8 Å². The van der Waals surface area contributed by atoms with Crippen molar-refractivity contribution in [3.05, 3.63) is 23.4 Å². The highest BCUT2D eigenvalue weighted by atomic mass is 32.1. The molecule has 0 bridgehead atoms. The van der Waals surface area contributed by atoms with Crippen molar-refractivity contribution in [2.24, 2.45) is 0 Å². The highest BCUT2D eigenvalue weighted by Crippen LogP contribution is 2.37. The quantitative estimate of drug-likeness (QED) is 0.557. The molecule has 0 spiro atoms. The molecule has 2 saturated heterocycles. The second-order valence-corrected chi connectivity index (χ2v) is 11.0. The number of carbonyl (C=O) groups excluding carboxylic acids is 3. The number of amides is 3. The summed E-state index contributed by atoms with van der Waals surface area (Å²) in [7, 11) is 1.28. The molecule has 4 heterocycles. The Morgan fingerprint density at radius 3 is 2.61 bits per heavy atom. The van der Waals surface area contributed by atoms with E-state index < -0.39 is 11.7 Å². The van der Waals surface area contributed by atoms with Gasteiger partial charge in [-0.15, -0.1) is 0 Å². The Labute approximate surface area is 215 Å². The molecular weight excluding hydrogens is 482 g/mol. The zero-order valence-electron chi connectivity index (χ0n) is 21.3. The van der Waals surface area contributed by atoms with Crippen LogP contribution in [-0.4, -0.2) is 88.8 Å². The van der Waals surface area contributed by atoms with Gasteiger partial charge < -0.3 is 20.1 Å². The number of likely N-dealkylation sites (tertiary alicyclic amines) is 2. The number of ether oxygens (including phenoxy) is 1. The molecule has 10 nitrogen and oxygen atoms in total. The summed E-state index contributed by atoms with van der Waals surface area (Å²) >= 11 is 1.26. The van der Waals surface area contributed by atoms with E-state index in [1.54, 1.807) is 0 Å². The molecule has 3 N–H and O–H groups in total. The molecule has 4 rings (SSSR count). The van der Waals surface area contributed by atoms with Gasteiger partial charge in [-0.3, -0.25) is 19.8 Å². The van der Waals surface area contributed by atoms with E-state index in [2.05, 4.69) is 20.5 Å². The highest BCUT2D eigenvalue weighted by Gasteiger charge is 2.43. The van der Waals surface area contributed by atoms with Crippen LogP contribution in [0.2, 0.25) is 0 Å². The van der Waals surface area contributed by atoms with Crippen LogP contribution in [0.15, 0.2) is 12.1 Å². The lowest BCUT2D eigenvalue weighted by atomic mass is 9.89. The second kappa shape index (κ2) is 10.7. The first-order valence-electron chi connectivity index (χ1n) is 12.4. The molecule has 2 aromatic rings. The Bertz CT molecular complexity index is 1140. The van der Waals surface area contributed by atoms with Crippen molar-refractivity contribution in [2.45, 2.75) is 64.1 Å². The number of fused-ring (bicyclic) bond motifs is 1. The summed E-state index contributed by atoms with van der Waals surface area (Å²) in [5.41, 5.74) is -0.120. The Morgan fingerprint density at radius 1 is 1.22 bits per heavy atom. The van der Waals surface area contributed by atoms with E-state index in [1.165, 1.54) is 18.4 Å². The number of β-amino-alcohol motifs (C(OH)–C–C–N with tert-alkyl or cyclic N) is 1. The fraction of sp³-hybridized carbons (Fsp3) is 0.600. The minimum Gasteiger partial charge on any atom is -0.453 e. The first kappa shape index (κ1) is 26.3. The minimum absolute atomic E-state index is 0.0305. The van der Waals surface area contributed by atoms with Gasteiger partial charge in [0.15, 0.2) is 5.60 Å². The molecule has 0 saturated carbocycles. The number of aliphatic hydroxyl groups is 1. The number of hydrogen-bond donors (Lipinski definition) is 3. The molecule has 0 aromatic carbocycles. The van der Waals surface area contributed by atoms with Gasteiger partial charge in [-0.2, -0.15) is 0 Å². The number of thiophene rings is 1. The molecular formula is C25H35N5O5S. The number of anilines is 1. The number of hydrogen-bond acceptors (Lipinski definition) is 8. The third kappa shape index (κ3) is 5.47. The predicted molar refractivity (Wildman–Crippen MR) is 138 cm³/mol. The smallest absolute Gasteiger partial charge is 0.411 e. The van der Waals surface area contributed by atoms with E-state index in [1.807, 2.05) is 37.8 Å². The second-order valence-electron chi connectivity index (χ2n) is 9.99. The summed E-state index contributed by atoms with van der Waals surface area (Å²) in [6, 6.07) is 3.88. The lowest BCUT2D eigenvalue weighted by Gasteiger charge is -2.44. The van der Waals surface area contributed by atoms with Crippen molar-refractivity contribution in [3.8, 4) is 0 Å². The molecule has 2 aromatic heterocycles. The number of methoxy groups -OCH3 is 1.